The van der Waals surface area contributed by atoms with Gasteiger partial charge in [-0.25, -0.2) is 0 Å². The number of fused-ring (bicyclic) bond motifs is 1. The summed E-state index contributed by atoms with van der Waals surface area (Å²) in [7, 11) is 0. The molecule has 1 aromatic heterocycles. The molecule has 1 aromatic carbocycles. The number of hydrogen-bond donors (Lipinski definition) is 1. The molecule has 1 heterocycles. The third kappa shape index (κ3) is 2.99. The first kappa shape index (κ1) is 14.9. The third-order valence-electron chi connectivity index (χ3n) is 3.36. The Morgan fingerprint density at radius 2 is 1.89 bits per heavy atom. The van der Waals surface area contributed by atoms with E-state index >= 15 is 0 Å². The maximum atomic E-state index is 5.84. The normalized spacial score (nSPS) is 10.6. The van der Waals surface area contributed by atoms with Crippen molar-refractivity contribution in [3.63, 3.8) is 0 Å². The van der Waals surface area contributed by atoms with Gasteiger partial charge in [0.2, 0.25) is 0 Å². The van der Waals surface area contributed by atoms with Crippen molar-refractivity contribution < 1.29 is 0 Å². The summed E-state index contributed by atoms with van der Waals surface area (Å²) in [4.78, 5) is 0. The van der Waals surface area contributed by atoms with Gasteiger partial charge in [0.05, 0.1) is 0 Å². The van der Waals surface area contributed by atoms with E-state index in [9.17, 15) is 0 Å². The van der Waals surface area contributed by atoms with Crippen molar-refractivity contribution >= 4 is 29.0 Å². The van der Waals surface area contributed by atoms with Crippen LogP contribution in [-0.2, 0) is 13.0 Å². The molecular formula is C15H23ClN2. The van der Waals surface area contributed by atoms with Crippen molar-refractivity contribution in [3.8, 4) is 0 Å². The molecule has 0 bridgehead atoms. The molecule has 0 radical (unpaired) electrons. The number of nitrogens with two attached hydrogens (primary N) is 1. The Morgan fingerprint density at radius 1 is 1.11 bits per heavy atom. The minimum absolute atomic E-state index is 0. The summed E-state index contributed by atoms with van der Waals surface area (Å²) in [5.74, 6) is 0. The zero-order valence-corrected chi connectivity index (χ0v) is 12.1. The van der Waals surface area contributed by atoms with E-state index in [0.717, 1.165) is 18.7 Å². The number of aromatic nitrogens is 1. The van der Waals surface area contributed by atoms with E-state index in [1.54, 1.807) is 0 Å². The second kappa shape index (κ2) is 6.69. The fourth-order valence-electron chi connectivity index (χ4n) is 2.42. The van der Waals surface area contributed by atoms with Gasteiger partial charge in [-0.3, -0.25) is 0 Å². The van der Waals surface area contributed by atoms with Crippen molar-refractivity contribution in [2.45, 2.75) is 46.1 Å². The lowest BCUT2D eigenvalue weighted by atomic mass is 10.2. The fourth-order valence-corrected chi connectivity index (χ4v) is 2.42. The molecule has 0 fully saturated rings. The number of nitrogen functional groups attached to an aromatic ring is 1. The predicted octanol–water partition coefficient (Wildman–Crippen LogP) is 4.40. The minimum atomic E-state index is 0. The Hall–Kier alpha value is -1.15. The number of anilines is 1. The zero-order chi connectivity index (χ0) is 12.3. The van der Waals surface area contributed by atoms with Crippen LogP contribution in [0.4, 0.5) is 5.69 Å². The molecule has 2 N–H and O–H groups in total. The SMILES string of the molecule is CCCCCn1c(CC)cc2cc(N)ccc21.Cl. The summed E-state index contributed by atoms with van der Waals surface area (Å²) in [6.45, 7) is 5.59. The summed E-state index contributed by atoms with van der Waals surface area (Å²) in [5.41, 5.74) is 9.43. The third-order valence-corrected chi connectivity index (χ3v) is 3.36. The Bertz CT molecular complexity index is 502. The molecule has 0 saturated heterocycles. The molecule has 2 aromatic rings. The van der Waals surface area contributed by atoms with Crippen molar-refractivity contribution in [1.29, 1.82) is 0 Å². The van der Waals surface area contributed by atoms with Crippen molar-refractivity contribution in [2.75, 3.05) is 5.73 Å². The maximum Gasteiger partial charge on any atom is 0.0484 e. The molecule has 0 atom stereocenters. The van der Waals surface area contributed by atoms with Crippen LogP contribution in [0.15, 0.2) is 24.3 Å². The predicted molar refractivity (Wildman–Crippen MR) is 82.5 cm³/mol. The highest BCUT2D eigenvalue weighted by Gasteiger charge is 2.07. The smallest absolute Gasteiger partial charge is 0.0484 e. The van der Waals surface area contributed by atoms with E-state index in [1.807, 2.05) is 6.07 Å². The van der Waals surface area contributed by atoms with E-state index in [4.69, 9.17) is 5.73 Å². The van der Waals surface area contributed by atoms with Crippen LogP contribution in [0.1, 0.15) is 38.8 Å². The molecule has 0 unspecified atom stereocenters. The molecule has 100 valence electrons. The van der Waals surface area contributed by atoms with Crippen LogP contribution in [0, 0.1) is 0 Å². The lowest BCUT2D eigenvalue weighted by Gasteiger charge is -2.09. The highest BCUT2D eigenvalue weighted by Crippen LogP contribution is 2.23. The van der Waals surface area contributed by atoms with Crippen molar-refractivity contribution in [2.24, 2.45) is 0 Å². The highest BCUT2D eigenvalue weighted by atomic mass is 35.5. The molecule has 0 aliphatic rings. The Kier molecular flexibility index (Phi) is 5.54. The minimum Gasteiger partial charge on any atom is -0.399 e. The average molecular weight is 267 g/mol. The molecule has 2 rings (SSSR count). The van der Waals surface area contributed by atoms with Gasteiger partial charge in [0, 0.05) is 28.8 Å². The van der Waals surface area contributed by atoms with Crippen LogP contribution in [0.25, 0.3) is 10.9 Å². The molecule has 0 saturated carbocycles. The van der Waals surface area contributed by atoms with E-state index in [1.165, 1.54) is 35.9 Å². The quantitative estimate of drug-likeness (QED) is 0.631. The largest absolute Gasteiger partial charge is 0.399 e. The van der Waals surface area contributed by atoms with Gasteiger partial charge >= 0.3 is 0 Å². The molecule has 2 nitrogen and oxygen atoms in total. The second-order valence-electron chi connectivity index (χ2n) is 4.67. The Labute approximate surface area is 116 Å². The molecule has 0 spiro atoms. The number of hydrogen-bond acceptors (Lipinski definition) is 1. The lowest BCUT2D eigenvalue weighted by molar-refractivity contribution is 0.600. The van der Waals surface area contributed by atoms with E-state index in [-0.39, 0.29) is 12.4 Å². The fraction of sp³-hybridized carbons (Fsp3) is 0.467. The van der Waals surface area contributed by atoms with Crippen LogP contribution >= 0.6 is 12.4 Å². The van der Waals surface area contributed by atoms with Crippen LogP contribution < -0.4 is 5.73 Å². The molecule has 0 aliphatic heterocycles. The summed E-state index contributed by atoms with van der Waals surface area (Å²) in [6.07, 6.45) is 4.92. The Morgan fingerprint density at radius 3 is 2.56 bits per heavy atom. The summed E-state index contributed by atoms with van der Waals surface area (Å²) in [6, 6.07) is 8.50. The number of unbranched alkanes of at least 4 members (excludes halogenated alkanes) is 2. The summed E-state index contributed by atoms with van der Waals surface area (Å²) >= 11 is 0. The van der Waals surface area contributed by atoms with Gasteiger partial charge in [-0.1, -0.05) is 26.7 Å². The first-order valence-electron chi connectivity index (χ1n) is 6.64. The first-order valence-corrected chi connectivity index (χ1v) is 6.64. The Balaban J connectivity index is 0.00000162. The topological polar surface area (TPSA) is 30.9 Å². The second-order valence-corrected chi connectivity index (χ2v) is 4.67. The van der Waals surface area contributed by atoms with E-state index in [2.05, 4.69) is 36.6 Å². The molecule has 18 heavy (non-hydrogen) atoms. The van der Waals surface area contributed by atoms with Gasteiger partial charge in [0.15, 0.2) is 0 Å². The molecule has 3 heteroatoms. The standard InChI is InChI=1S/C15H22N2.ClH/c1-3-5-6-9-17-14(4-2)11-12-10-13(16)7-8-15(12)17;/h7-8,10-11H,3-6,9,16H2,1-2H3;1H. The number of halogens is 1. The zero-order valence-electron chi connectivity index (χ0n) is 11.3. The van der Waals surface area contributed by atoms with Crippen LogP contribution in [-0.4, -0.2) is 4.57 Å². The van der Waals surface area contributed by atoms with Gasteiger partial charge in [0.25, 0.3) is 0 Å². The number of aryl methyl sites for hydroxylation is 2. The van der Waals surface area contributed by atoms with Crippen molar-refractivity contribution in [1.82, 2.24) is 4.57 Å². The number of benzene rings is 1. The number of rotatable bonds is 5. The van der Waals surface area contributed by atoms with Gasteiger partial charge < -0.3 is 10.3 Å². The van der Waals surface area contributed by atoms with Gasteiger partial charge in [-0.15, -0.1) is 12.4 Å². The molecule has 0 aliphatic carbocycles. The first-order chi connectivity index (χ1) is 8.26. The summed E-state index contributed by atoms with van der Waals surface area (Å²) in [5, 5.41) is 1.28. The molecule has 0 amide bonds. The van der Waals surface area contributed by atoms with E-state index < -0.39 is 0 Å². The van der Waals surface area contributed by atoms with Gasteiger partial charge in [-0.05, 0) is 37.1 Å². The monoisotopic (exact) mass is 266 g/mol. The highest BCUT2D eigenvalue weighted by molar-refractivity contribution is 5.85. The van der Waals surface area contributed by atoms with Crippen LogP contribution in [0.5, 0.6) is 0 Å². The lowest BCUT2D eigenvalue weighted by Crippen LogP contribution is -2.02. The molecular weight excluding hydrogens is 244 g/mol. The van der Waals surface area contributed by atoms with Crippen LogP contribution in [0.3, 0.4) is 0 Å². The van der Waals surface area contributed by atoms with Crippen molar-refractivity contribution in [3.05, 3.63) is 30.0 Å². The van der Waals surface area contributed by atoms with Crippen LogP contribution in [0.2, 0.25) is 0 Å². The van der Waals surface area contributed by atoms with Gasteiger partial charge in [0.1, 0.15) is 0 Å². The summed E-state index contributed by atoms with van der Waals surface area (Å²) < 4.78 is 2.45. The number of nitrogens with zero attached hydrogens (tertiary/aromatic N) is 1. The van der Waals surface area contributed by atoms with E-state index in [0.29, 0.717) is 0 Å². The maximum absolute atomic E-state index is 5.84. The van der Waals surface area contributed by atoms with Gasteiger partial charge in [-0.2, -0.15) is 0 Å². The average Bonchev–Trinajstić information content (AvgIpc) is 2.67.